The molecule has 2 aromatic carbocycles. The van der Waals surface area contributed by atoms with Crippen LogP contribution in [0.15, 0.2) is 66.5 Å². The van der Waals surface area contributed by atoms with Gasteiger partial charge in [0.2, 0.25) is 5.91 Å². The Bertz CT molecular complexity index is 1710. The average Bonchev–Trinajstić information content (AvgIpc) is 3.44. The minimum absolute atomic E-state index is 0.0151. The number of nitrogens with zero attached hydrogens (tertiary/aromatic N) is 4. The van der Waals surface area contributed by atoms with Crippen molar-refractivity contribution in [2.75, 3.05) is 40.4 Å². The quantitative estimate of drug-likeness (QED) is 0.226. The third-order valence-corrected chi connectivity index (χ3v) is 7.61. The minimum atomic E-state index is -0.479. The summed E-state index contributed by atoms with van der Waals surface area (Å²) in [6.07, 6.45) is 5.14. The highest BCUT2D eigenvalue weighted by molar-refractivity contribution is 6.04. The first-order chi connectivity index (χ1) is 20.9. The van der Waals surface area contributed by atoms with E-state index in [9.17, 15) is 14.9 Å². The standard InChI is InChI=1S/C33H34N6O4/c1-22(40)39-11-9-38(10-12-39)21-24-5-4-6-25(13-24)27-16-29-28(20-36-32(29)35-19-27)15-26(17-34)33(41)37-18-23-7-8-30(42-2)31(14-23)43-3/h4-8,13-16,19-20H,9-12,18,21H2,1-3H3,(H,35,36)(H,37,41)/b26-15+. The van der Waals surface area contributed by atoms with Crippen molar-refractivity contribution in [3.8, 4) is 28.7 Å². The summed E-state index contributed by atoms with van der Waals surface area (Å²) in [4.78, 5) is 36.5. The third-order valence-electron chi connectivity index (χ3n) is 7.61. The highest BCUT2D eigenvalue weighted by Crippen LogP contribution is 2.28. The minimum Gasteiger partial charge on any atom is -0.493 e. The van der Waals surface area contributed by atoms with E-state index < -0.39 is 5.91 Å². The van der Waals surface area contributed by atoms with Crippen LogP contribution in [0, 0.1) is 11.3 Å². The number of nitrogens with one attached hydrogen (secondary N) is 2. The van der Waals surface area contributed by atoms with Crippen LogP contribution in [0.1, 0.15) is 23.6 Å². The molecule has 10 nitrogen and oxygen atoms in total. The molecule has 0 aliphatic carbocycles. The Morgan fingerprint density at radius 3 is 2.53 bits per heavy atom. The summed E-state index contributed by atoms with van der Waals surface area (Å²) in [5.74, 6) is 0.803. The van der Waals surface area contributed by atoms with Gasteiger partial charge >= 0.3 is 0 Å². The van der Waals surface area contributed by atoms with Crippen LogP contribution in [-0.4, -0.2) is 72.0 Å². The second-order valence-corrected chi connectivity index (χ2v) is 10.4. The number of methoxy groups -OCH3 is 2. The van der Waals surface area contributed by atoms with E-state index in [0.29, 0.717) is 22.7 Å². The van der Waals surface area contributed by atoms with E-state index in [2.05, 4.69) is 32.3 Å². The van der Waals surface area contributed by atoms with E-state index in [4.69, 9.17) is 9.47 Å². The van der Waals surface area contributed by atoms with Crippen molar-refractivity contribution < 1.29 is 19.1 Å². The maximum Gasteiger partial charge on any atom is 0.262 e. The van der Waals surface area contributed by atoms with Gasteiger partial charge in [-0.15, -0.1) is 0 Å². The number of pyridine rings is 1. The number of aromatic nitrogens is 2. The molecule has 0 radical (unpaired) electrons. The molecule has 5 rings (SSSR count). The molecular formula is C33H34N6O4. The topological polar surface area (TPSA) is 124 Å². The Hall–Kier alpha value is -5.14. The Kier molecular flexibility index (Phi) is 9.03. The van der Waals surface area contributed by atoms with Gasteiger partial charge in [0.05, 0.1) is 14.2 Å². The number of piperazine rings is 1. The Labute approximate surface area is 250 Å². The van der Waals surface area contributed by atoms with Gasteiger partial charge in [0.25, 0.3) is 5.91 Å². The number of rotatable bonds is 9. The van der Waals surface area contributed by atoms with Gasteiger partial charge in [-0.3, -0.25) is 14.5 Å². The smallest absolute Gasteiger partial charge is 0.262 e. The zero-order valence-corrected chi connectivity index (χ0v) is 24.5. The summed E-state index contributed by atoms with van der Waals surface area (Å²) in [5, 5.41) is 13.4. The lowest BCUT2D eigenvalue weighted by Crippen LogP contribution is -2.47. The predicted molar refractivity (Wildman–Crippen MR) is 164 cm³/mol. The monoisotopic (exact) mass is 578 g/mol. The van der Waals surface area contributed by atoms with Crippen LogP contribution in [0.2, 0.25) is 0 Å². The van der Waals surface area contributed by atoms with E-state index in [1.807, 2.05) is 41.4 Å². The molecule has 1 saturated heterocycles. The lowest BCUT2D eigenvalue weighted by molar-refractivity contribution is -0.130. The van der Waals surface area contributed by atoms with E-state index in [-0.39, 0.29) is 18.0 Å². The van der Waals surface area contributed by atoms with Gasteiger partial charge in [0, 0.05) is 75.1 Å². The maximum atomic E-state index is 12.9. The number of carbonyl (C=O) groups is 2. The molecule has 0 unspecified atom stereocenters. The first kappa shape index (κ1) is 29.4. The maximum absolute atomic E-state index is 12.9. The number of amides is 2. The van der Waals surface area contributed by atoms with Crippen molar-refractivity contribution >= 4 is 28.9 Å². The first-order valence-electron chi connectivity index (χ1n) is 14.0. The second-order valence-electron chi connectivity index (χ2n) is 10.4. The summed E-state index contributed by atoms with van der Waals surface area (Å²) in [6.45, 7) is 5.83. The van der Waals surface area contributed by atoms with Crippen LogP contribution in [0.25, 0.3) is 28.2 Å². The van der Waals surface area contributed by atoms with Crippen LogP contribution in [0.5, 0.6) is 11.5 Å². The van der Waals surface area contributed by atoms with Crippen LogP contribution in [-0.2, 0) is 22.7 Å². The van der Waals surface area contributed by atoms with Crippen molar-refractivity contribution in [1.82, 2.24) is 25.1 Å². The molecule has 4 aromatic rings. The number of H-pyrrole nitrogens is 1. The fourth-order valence-electron chi connectivity index (χ4n) is 5.20. The van der Waals surface area contributed by atoms with E-state index in [1.54, 1.807) is 45.5 Å². The highest BCUT2D eigenvalue weighted by Gasteiger charge is 2.19. The SMILES string of the molecule is COc1ccc(CNC(=O)/C(C#N)=C/c2c[nH]c3ncc(-c4cccc(CN5CCN(C(C)=O)CC5)c4)cc23)cc1OC. The van der Waals surface area contributed by atoms with E-state index in [1.165, 1.54) is 5.56 Å². The number of aromatic amines is 1. The summed E-state index contributed by atoms with van der Waals surface area (Å²) >= 11 is 0. The summed E-state index contributed by atoms with van der Waals surface area (Å²) in [5.41, 5.74) is 5.29. The number of hydrogen-bond acceptors (Lipinski definition) is 7. The lowest BCUT2D eigenvalue weighted by Gasteiger charge is -2.34. The Morgan fingerprint density at radius 2 is 1.81 bits per heavy atom. The molecule has 0 spiro atoms. The molecule has 0 atom stereocenters. The van der Waals surface area contributed by atoms with Gasteiger partial charge in [-0.1, -0.05) is 24.3 Å². The molecule has 1 fully saturated rings. The number of fused-ring (bicyclic) bond motifs is 1. The first-order valence-corrected chi connectivity index (χ1v) is 14.0. The van der Waals surface area contributed by atoms with Crippen LogP contribution < -0.4 is 14.8 Å². The van der Waals surface area contributed by atoms with Gasteiger partial charge in [-0.2, -0.15) is 5.26 Å². The second kappa shape index (κ2) is 13.2. The van der Waals surface area contributed by atoms with Crippen molar-refractivity contribution in [2.24, 2.45) is 0 Å². The van der Waals surface area contributed by atoms with E-state index in [0.717, 1.165) is 54.8 Å². The van der Waals surface area contributed by atoms with Gasteiger partial charge in [-0.05, 0) is 47.0 Å². The zero-order valence-electron chi connectivity index (χ0n) is 24.5. The molecule has 10 heteroatoms. The molecule has 43 heavy (non-hydrogen) atoms. The summed E-state index contributed by atoms with van der Waals surface area (Å²) in [6, 6.07) is 17.8. The molecule has 2 aromatic heterocycles. The largest absolute Gasteiger partial charge is 0.493 e. The number of ether oxygens (including phenoxy) is 2. The number of nitriles is 1. The fraction of sp³-hybridized carbons (Fsp3) is 0.273. The van der Waals surface area contributed by atoms with Crippen molar-refractivity contribution in [3.05, 3.63) is 83.2 Å². The fourth-order valence-corrected chi connectivity index (χ4v) is 5.20. The van der Waals surface area contributed by atoms with Gasteiger partial charge < -0.3 is 24.7 Å². The average molecular weight is 579 g/mol. The highest BCUT2D eigenvalue weighted by atomic mass is 16.5. The van der Waals surface area contributed by atoms with Crippen molar-refractivity contribution in [2.45, 2.75) is 20.0 Å². The molecule has 1 aliphatic rings. The molecule has 220 valence electrons. The van der Waals surface area contributed by atoms with Crippen molar-refractivity contribution in [3.63, 3.8) is 0 Å². The molecule has 2 N–H and O–H groups in total. The predicted octanol–water partition coefficient (Wildman–Crippen LogP) is 4.13. The molecule has 1 aliphatic heterocycles. The molecule has 0 bridgehead atoms. The van der Waals surface area contributed by atoms with Crippen LogP contribution in [0.4, 0.5) is 0 Å². The molecule has 2 amide bonds. The molecule has 0 saturated carbocycles. The molecular weight excluding hydrogens is 544 g/mol. The number of benzene rings is 2. The molecule has 3 heterocycles. The van der Waals surface area contributed by atoms with E-state index >= 15 is 0 Å². The van der Waals surface area contributed by atoms with Crippen molar-refractivity contribution in [1.29, 1.82) is 5.26 Å². The number of hydrogen-bond donors (Lipinski definition) is 2. The Morgan fingerprint density at radius 1 is 1.02 bits per heavy atom. The summed E-state index contributed by atoms with van der Waals surface area (Å²) < 4.78 is 10.6. The Balaban J connectivity index is 1.31. The normalized spacial score (nSPS) is 13.9. The zero-order chi connectivity index (χ0) is 30.3. The van der Waals surface area contributed by atoms with Gasteiger partial charge in [0.15, 0.2) is 11.5 Å². The van der Waals surface area contributed by atoms with Crippen LogP contribution >= 0.6 is 0 Å². The van der Waals surface area contributed by atoms with Gasteiger partial charge in [-0.25, -0.2) is 4.98 Å². The lowest BCUT2D eigenvalue weighted by atomic mass is 10.0. The van der Waals surface area contributed by atoms with Gasteiger partial charge in [0.1, 0.15) is 17.3 Å². The number of carbonyl (C=O) groups excluding carboxylic acids is 2. The summed E-state index contributed by atoms with van der Waals surface area (Å²) in [7, 11) is 3.11. The third kappa shape index (κ3) is 6.85. The van der Waals surface area contributed by atoms with Crippen LogP contribution in [0.3, 0.4) is 0 Å².